The van der Waals surface area contributed by atoms with Gasteiger partial charge in [0.1, 0.15) is 12.3 Å². The minimum atomic E-state index is -4.12. The number of aromatic nitrogens is 1. The molecule has 9 heteroatoms. The molecule has 1 amide bonds. The van der Waals surface area contributed by atoms with E-state index in [4.69, 9.17) is 16.3 Å². The van der Waals surface area contributed by atoms with Crippen LogP contribution >= 0.6 is 11.6 Å². The highest BCUT2D eigenvalue weighted by Crippen LogP contribution is 2.35. The molecule has 0 fully saturated rings. The van der Waals surface area contributed by atoms with Gasteiger partial charge in [-0.1, -0.05) is 48.0 Å². The number of nitrogens with zero attached hydrogens (tertiary/aromatic N) is 1. The molecule has 0 unspecified atom stereocenters. The Balaban J connectivity index is 1.50. The molecule has 5 aromatic rings. The van der Waals surface area contributed by atoms with Crippen LogP contribution < -0.4 is 14.4 Å². The van der Waals surface area contributed by atoms with Crippen LogP contribution in [0, 0.1) is 0 Å². The van der Waals surface area contributed by atoms with Crippen LogP contribution in [0.3, 0.4) is 0 Å². The second-order valence-corrected chi connectivity index (χ2v) is 10.4. The second-order valence-electron chi connectivity index (χ2n) is 8.12. The summed E-state index contributed by atoms with van der Waals surface area (Å²) in [7, 11) is -2.69. The molecule has 4 aromatic carbocycles. The third-order valence-corrected chi connectivity index (χ3v) is 7.83. The fourth-order valence-corrected chi connectivity index (χ4v) is 5.74. The number of para-hydroxylation sites is 1. The van der Waals surface area contributed by atoms with E-state index in [-0.39, 0.29) is 16.3 Å². The Morgan fingerprint density at radius 3 is 2.42 bits per heavy atom. The predicted octanol–water partition coefficient (Wildman–Crippen LogP) is 5.82. The molecule has 2 N–H and O–H groups in total. The van der Waals surface area contributed by atoms with E-state index in [1.165, 1.54) is 25.3 Å². The molecule has 0 spiro atoms. The van der Waals surface area contributed by atoms with Crippen LogP contribution in [0.1, 0.15) is 0 Å². The van der Waals surface area contributed by atoms with Gasteiger partial charge in [-0.3, -0.25) is 9.10 Å². The summed E-state index contributed by atoms with van der Waals surface area (Å²) >= 11 is 6.19. The zero-order valence-electron chi connectivity index (χ0n) is 19.2. The molecule has 1 heterocycles. The summed E-state index contributed by atoms with van der Waals surface area (Å²) in [5.41, 5.74) is 2.64. The number of H-pyrrole nitrogens is 1. The number of nitrogens with one attached hydrogen (secondary N) is 2. The molecule has 0 saturated heterocycles. The first kappa shape index (κ1) is 23.7. The average molecular weight is 520 g/mol. The second kappa shape index (κ2) is 9.56. The quantitative estimate of drug-likeness (QED) is 0.283. The summed E-state index contributed by atoms with van der Waals surface area (Å²) in [5.74, 6) is -0.248. The number of ether oxygens (including phenoxy) is 1. The van der Waals surface area contributed by atoms with Crippen LogP contribution in [-0.4, -0.2) is 33.0 Å². The average Bonchev–Trinajstić information content (AvgIpc) is 3.26. The van der Waals surface area contributed by atoms with E-state index in [1.54, 1.807) is 36.4 Å². The molecule has 36 heavy (non-hydrogen) atoms. The molecule has 0 aliphatic heterocycles. The van der Waals surface area contributed by atoms with Crippen molar-refractivity contribution in [2.45, 2.75) is 4.90 Å². The summed E-state index contributed by atoms with van der Waals surface area (Å²) in [5, 5.41) is 5.12. The number of methoxy groups -OCH3 is 1. The van der Waals surface area contributed by atoms with Crippen molar-refractivity contribution in [3.05, 3.63) is 96.0 Å². The first-order chi connectivity index (χ1) is 17.4. The van der Waals surface area contributed by atoms with Gasteiger partial charge in [0.25, 0.3) is 10.0 Å². The number of anilines is 2. The number of hydrogen-bond donors (Lipinski definition) is 2. The van der Waals surface area contributed by atoms with Gasteiger partial charge in [0.05, 0.1) is 17.7 Å². The lowest BCUT2D eigenvalue weighted by Gasteiger charge is -2.26. The van der Waals surface area contributed by atoms with Crippen molar-refractivity contribution in [1.29, 1.82) is 0 Å². The van der Waals surface area contributed by atoms with Crippen molar-refractivity contribution in [3.63, 3.8) is 0 Å². The van der Waals surface area contributed by atoms with Crippen LogP contribution in [0.4, 0.5) is 11.4 Å². The summed E-state index contributed by atoms with van der Waals surface area (Å²) < 4.78 is 33.7. The molecule has 0 radical (unpaired) electrons. The molecule has 0 atom stereocenters. The third kappa shape index (κ3) is 4.48. The lowest BCUT2D eigenvalue weighted by atomic mass is 10.1. The predicted molar refractivity (Wildman–Crippen MR) is 143 cm³/mol. The third-order valence-electron chi connectivity index (χ3n) is 5.82. The number of fused-ring (bicyclic) bond motifs is 3. The van der Waals surface area contributed by atoms with Gasteiger partial charge in [-0.15, -0.1) is 0 Å². The minimum absolute atomic E-state index is 0.0417. The maximum atomic E-state index is 13.6. The normalized spacial score (nSPS) is 11.5. The van der Waals surface area contributed by atoms with Crippen molar-refractivity contribution < 1.29 is 17.9 Å². The van der Waals surface area contributed by atoms with Gasteiger partial charge in [-0.25, -0.2) is 8.42 Å². The minimum Gasteiger partial charge on any atom is -0.495 e. The highest BCUT2D eigenvalue weighted by molar-refractivity contribution is 7.92. The zero-order chi connectivity index (χ0) is 25.3. The van der Waals surface area contributed by atoms with Gasteiger partial charge < -0.3 is 15.0 Å². The van der Waals surface area contributed by atoms with Gasteiger partial charge in [0.2, 0.25) is 5.91 Å². The van der Waals surface area contributed by atoms with Crippen LogP contribution in [-0.2, 0) is 14.8 Å². The van der Waals surface area contributed by atoms with Gasteiger partial charge in [0, 0.05) is 32.5 Å². The summed E-state index contributed by atoms with van der Waals surface area (Å²) in [6.45, 7) is -0.486. The Bertz CT molecular complexity index is 1680. The van der Waals surface area contributed by atoms with Gasteiger partial charge in [0.15, 0.2) is 0 Å². The van der Waals surface area contributed by atoms with Crippen molar-refractivity contribution in [2.75, 3.05) is 23.3 Å². The first-order valence-corrected chi connectivity index (χ1v) is 12.9. The maximum absolute atomic E-state index is 13.6. The smallest absolute Gasteiger partial charge is 0.264 e. The SMILES string of the molecule is COc1ccc(Cl)cc1N(CC(=O)Nc1ccc2[nH]c3ccccc3c2c1)S(=O)(=O)c1ccccc1. The molecule has 1 aromatic heterocycles. The fraction of sp³-hybridized carbons (Fsp3) is 0.0741. The number of rotatable bonds is 7. The van der Waals surface area contributed by atoms with E-state index in [2.05, 4.69) is 10.3 Å². The fourth-order valence-electron chi connectivity index (χ4n) is 4.13. The van der Waals surface area contributed by atoms with E-state index >= 15 is 0 Å². The lowest BCUT2D eigenvalue weighted by molar-refractivity contribution is -0.114. The molecule has 0 aliphatic rings. The van der Waals surface area contributed by atoms with Crippen LogP contribution in [0.5, 0.6) is 5.75 Å². The molecule has 182 valence electrons. The van der Waals surface area contributed by atoms with E-state index in [1.807, 2.05) is 36.4 Å². The van der Waals surface area contributed by atoms with E-state index < -0.39 is 22.5 Å². The van der Waals surface area contributed by atoms with E-state index in [0.717, 1.165) is 26.1 Å². The molecule has 5 rings (SSSR count). The number of aromatic amines is 1. The van der Waals surface area contributed by atoms with E-state index in [0.29, 0.717) is 10.7 Å². The molecule has 0 aliphatic carbocycles. The number of amides is 1. The number of carbonyl (C=O) groups excluding carboxylic acids is 1. The topological polar surface area (TPSA) is 91.5 Å². The molecule has 7 nitrogen and oxygen atoms in total. The van der Waals surface area contributed by atoms with Crippen molar-refractivity contribution >= 4 is 60.7 Å². The largest absolute Gasteiger partial charge is 0.495 e. The summed E-state index contributed by atoms with van der Waals surface area (Å²) in [6.07, 6.45) is 0. The van der Waals surface area contributed by atoms with Gasteiger partial charge >= 0.3 is 0 Å². The molecule has 0 saturated carbocycles. The Morgan fingerprint density at radius 2 is 1.64 bits per heavy atom. The molecular formula is C27H22ClN3O4S. The Labute approximate surface area is 213 Å². The van der Waals surface area contributed by atoms with Crippen LogP contribution in [0.15, 0.2) is 95.9 Å². The van der Waals surface area contributed by atoms with Crippen molar-refractivity contribution in [2.24, 2.45) is 0 Å². The van der Waals surface area contributed by atoms with Crippen LogP contribution in [0.2, 0.25) is 5.02 Å². The lowest BCUT2D eigenvalue weighted by Crippen LogP contribution is -2.38. The zero-order valence-corrected chi connectivity index (χ0v) is 20.8. The Morgan fingerprint density at radius 1 is 0.917 bits per heavy atom. The summed E-state index contributed by atoms with van der Waals surface area (Å²) in [4.78, 5) is 16.6. The number of sulfonamides is 1. The first-order valence-electron chi connectivity index (χ1n) is 11.1. The highest BCUT2D eigenvalue weighted by atomic mass is 35.5. The standard InChI is InChI=1S/C27H22ClN3O4S/c1-35-26-14-11-18(28)15-25(26)31(36(33,34)20-7-3-2-4-8-20)17-27(32)29-19-12-13-24-22(16-19)21-9-5-6-10-23(21)30-24/h2-16,30H,17H2,1H3,(H,29,32). The van der Waals surface area contributed by atoms with Gasteiger partial charge in [-0.2, -0.15) is 0 Å². The van der Waals surface area contributed by atoms with Crippen molar-refractivity contribution in [1.82, 2.24) is 4.98 Å². The Hall–Kier alpha value is -4.01. The summed E-state index contributed by atoms with van der Waals surface area (Å²) in [6, 6.07) is 25.9. The molecule has 0 bridgehead atoms. The van der Waals surface area contributed by atoms with Crippen molar-refractivity contribution in [3.8, 4) is 5.75 Å². The number of benzene rings is 4. The number of halogens is 1. The number of hydrogen-bond acceptors (Lipinski definition) is 4. The molecular weight excluding hydrogens is 498 g/mol. The monoisotopic (exact) mass is 519 g/mol. The van der Waals surface area contributed by atoms with Gasteiger partial charge in [-0.05, 0) is 54.6 Å². The maximum Gasteiger partial charge on any atom is 0.264 e. The number of carbonyl (C=O) groups is 1. The van der Waals surface area contributed by atoms with Crippen LogP contribution in [0.25, 0.3) is 21.8 Å². The highest BCUT2D eigenvalue weighted by Gasteiger charge is 2.29. The van der Waals surface area contributed by atoms with E-state index in [9.17, 15) is 13.2 Å². The Kier molecular flexibility index (Phi) is 6.30.